The normalized spacial score (nSPS) is 17.7. The SMILES string of the molecule is COc1cccc(C(O)=C2C(=O)C(=O)N(Cc3cccnc3)[C@H]2c2cccc(Br)c2)c1. The van der Waals surface area contributed by atoms with E-state index in [0.29, 0.717) is 16.9 Å². The molecule has 1 aliphatic heterocycles. The molecule has 1 aromatic heterocycles. The number of carbonyl (C=O) groups is 2. The zero-order valence-corrected chi connectivity index (χ0v) is 18.2. The van der Waals surface area contributed by atoms with Crippen LogP contribution in [0.4, 0.5) is 0 Å². The smallest absolute Gasteiger partial charge is 0.295 e. The number of ketones is 1. The van der Waals surface area contributed by atoms with Crippen molar-refractivity contribution in [1.29, 1.82) is 0 Å². The first-order valence-electron chi connectivity index (χ1n) is 9.57. The summed E-state index contributed by atoms with van der Waals surface area (Å²) >= 11 is 3.45. The summed E-state index contributed by atoms with van der Waals surface area (Å²) in [6, 6.07) is 17.0. The topological polar surface area (TPSA) is 79.7 Å². The van der Waals surface area contributed by atoms with Crippen molar-refractivity contribution >= 4 is 33.4 Å². The molecular weight excluding hydrogens is 460 g/mol. The molecule has 0 radical (unpaired) electrons. The number of aromatic nitrogens is 1. The van der Waals surface area contributed by atoms with E-state index in [0.717, 1.165) is 10.0 Å². The second-order valence-electron chi connectivity index (χ2n) is 7.08. The first-order chi connectivity index (χ1) is 15.0. The van der Waals surface area contributed by atoms with E-state index in [2.05, 4.69) is 20.9 Å². The Bertz CT molecular complexity index is 1180. The molecule has 1 fully saturated rings. The molecule has 1 N–H and O–H groups in total. The van der Waals surface area contributed by atoms with E-state index < -0.39 is 17.7 Å². The number of nitrogens with zero attached hydrogens (tertiary/aromatic N) is 2. The van der Waals surface area contributed by atoms with E-state index in [9.17, 15) is 14.7 Å². The van der Waals surface area contributed by atoms with Gasteiger partial charge in [-0.05, 0) is 41.5 Å². The lowest BCUT2D eigenvalue weighted by Crippen LogP contribution is -2.29. The Labute approximate surface area is 187 Å². The lowest BCUT2D eigenvalue weighted by Gasteiger charge is -2.25. The van der Waals surface area contributed by atoms with Crippen LogP contribution in [0.5, 0.6) is 5.75 Å². The molecule has 6 nitrogen and oxygen atoms in total. The fourth-order valence-corrected chi connectivity index (χ4v) is 4.10. The third kappa shape index (κ3) is 4.09. The Morgan fingerprint density at radius 2 is 1.94 bits per heavy atom. The van der Waals surface area contributed by atoms with Crippen LogP contribution in [0.25, 0.3) is 5.76 Å². The summed E-state index contributed by atoms with van der Waals surface area (Å²) in [5, 5.41) is 11.1. The summed E-state index contributed by atoms with van der Waals surface area (Å²) in [5.41, 5.74) is 1.94. The molecule has 31 heavy (non-hydrogen) atoms. The number of methoxy groups -OCH3 is 1. The largest absolute Gasteiger partial charge is 0.507 e. The van der Waals surface area contributed by atoms with Crippen LogP contribution in [-0.4, -0.2) is 33.8 Å². The minimum absolute atomic E-state index is 0.0419. The number of halogens is 1. The fourth-order valence-electron chi connectivity index (χ4n) is 3.68. The highest BCUT2D eigenvalue weighted by Crippen LogP contribution is 2.41. The highest BCUT2D eigenvalue weighted by molar-refractivity contribution is 9.10. The van der Waals surface area contributed by atoms with E-state index in [-0.39, 0.29) is 17.9 Å². The number of Topliss-reactive ketones (excluding diaryl/α,β-unsaturated/α-hetero) is 1. The van der Waals surface area contributed by atoms with Gasteiger partial charge in [-0.1, -0.05) is 46.3 Å². The average Bonchev–Trinajstić information content (AvgIpc) is 3.04. The molecule has 0 unspecified atom stereocenters. The molecule has 7 heteroatoms. The van der Waals surface area contributed by atoms with Crippen molar-refractivity contribution in [2.75, 3.05) is 7.11 Å². The summed E-state index contributed by atoms with van der Waals surface area (Å²) in [6.45, 7) is 0.185. The molecule has 3 aromatic rings. The predicted octanol–water partition coefficient (Wildman–Crippen LogP) is 4.47. The number of amides is 1. The monoisotopic (exact) mass is 478 g/mol. The van der Waals surface area contributed by atoms with Crippen LogP contribution in [0, 0.1) is 0 Å². The van der Waals surface area contributed by atoms with Crippen molar-refractivity contribution in [2.45, 2.75) is 12.6 Å². The van der Waals surface area contributed by atoms with Gasteiger partial charge in [0.05, 0.1) is 18.7 Å². The van der Waals surface area contributed by atoms with Crippen molar-refractivity contribution < 1.29 is 19.4 Å². The van der Waals surface area contributed by atoms with E-state index >= 15 is 0 Å². The maximum atomic E-state index is 13.1. The van der Waals surface area contributed by atoms with Gasteiger partial charge in [0.2, 0.25) is 0 Å². The van der Waals surface area contributed by atoms with Crippen LogP contribution in [0.3, 0.4) is 0 Å². The van der Waals surface area contributed by atoms with Crippen LogP contribution >= 0.6 is 15.9 Å². The number of hydrogen-bond donors (Lipinski definition) is 1. The quantitative estimate of drug-likeness (QED) is 0.332. The maximum Gasteiger partial charge on any atom is 0.295 e. The Morgan fingerprint density at radius 1 is 1.13 bits per heavy atom. The van der Waals surface area contributed by atoms with Crippen LogP contribution in [0.2, 0.25) is 0 Å². The molecule has 4 rings (SSSR count). The number of ether oxygens (including phenoxy) is 1. The third-order valence-electron chi connectivity index (χ3n) is 5.12. The lowest BCUT2D eigenvalue weighted by molar-refractivity contribution is -0.140. The lowest BCUT2D eigenvalue weighted by atomic mass is 9.95. The van der Waals surface area contributed by atoms with Gasteiger partial charge < -0.3 is 14.7 Å². The van der Waals surface area contributed by atoms with Gasteiger partial charge in [0, 0.05) is 29.0 Å². The molecule has 1 aliphatic rings. The zero-order chi connectivity index (χ0) is 22.0. The number of carbonyl (C=O) groups excluding carboxylic acids is 2. The number of benzene rings is 2. The summed E-state index contributed by atoms with van der Waals surface area (Å²) < 4.78 is 6.04. The van der Waals surface area contributed by atoms with Gasteiger partial charge in [0.1, 0.15) is 11.5 Å². The van der Waals surface area contributed by atoms with Gasteiger partial charge in [-0.3, -0.25) is 14.6 Å². The summed E-state index contributed by atoms with van der Waals surface area (Å²) in [5.74, 6) is -1.10. The van der Waals surface area contributed by atoms with E-state index in [1.54, 1.807) is 42.7 Å². The van der Waals surface area contributed by atoms with E-state index in [1.807, 2.05) is 30.3 Å². The minimum Gasteiger partial charge on any atom is -0.507 e. The predicted molar refractivity (Wildman–Crippen MR) is 119 cm³/mol. The van der Waals surface area contributed by atoms with E-state index in [1.165, 1.54) is 12.0 Å². The highest BCUT2D eigenvalue weighted by Gasteiger charge is 2.46. The molecule has 2 aromatic carbocycles. The number of likely N-dealkylation sites (tertiary alicyclic amines) is 1. The Morgan fingerprint density at radius 3 is 2.65 bits per heavy atom. The van der Waals surface area contributed by atoms with E-state index in [4.69, 9.17) is 4.74 Å². The fraction of sp³-hybridized carbons (Fsp3) is 0.125. The Balaban J connectivity index is 1.87. The Hall–Kier alpha value is -3.45. The molecule has 2 heterocycles. The van der Waals surface area contributed by atoms with Crippen molar-refractivity contribution in [2.24, 2.45) is 0 Å². The summed E-state index contributed by atoms with van der Waals surface area (Å²) in [6.07, 6.45) is 3.30. The maximum absolute atomic E-state index is 13.1. The Kier molecular flexibility index (Phi) is 5.86. The highest BCUT2D eigenvalue weighted by atomic mass is 79.9. The number of aliphatic hydroxyl groups excluding tert-OH is 1. The first-order valence-corrected chi connectivity index (χ1v) is 10.4. The van der Waals surface area contributed by atoms with Crippen LogP contribution in [-0.2, 0) is 16.1 Å². The molecule has 1 amide bonds. The van der Waals surface area contributed by atoms with Gasteiger partial charge in [-0.25, -0.2) is 0 Å². The average molecular weight is 479 g/mol. The third-order valence-corrected chi connectivity index (χ3v) is 5.62. The van der Waals surface area contributed by atoms with Crippen LogP contribution < -0.4 is 4.74 Å². The molecule has 156 valence electrons. The van der Waals surface area contributed by atoms with Gasteiger partial charge in [0.25, 0.3) is 11.7 Å². The zero-order valence-electron chi connectivity index (χ0n) is 16.7. The van der Waals surface area contributed by atoms with Crippen LogP contribution in [0.1, 0.15) is 22.7 Å². The molecular formula is C24H19BrN2O4. The van der Waals surface area contributed by atoms with Gasteiger partial charge in [-0.2, -0.15) is 0 Å². The standard InChI is InChI=1S/C24H19BrN2O4/c1-31-19-9-3-7-17(12-19)22(28)20-21(16-6-2-8-18(25)11-16)27(24(30)23(20)29)14-15-5-4-10-26-13-15/h2-13,21,28H,14H2,1H3/t21-/m0/s1. The summed E-state index contributed by atoms with van der Waals surface area (Å²) in [7, 11) is 1.52. The molecule has 0 aliphatic carbocycles. The number of rotatable bonds is 5. The van der Waals surface area contributed by atoms with Crippen molar-refractivity contribution in [3.05, 3.63) is 99.8 Å². The van der Waals surface area contributed by atoms with Gasteiger partial charge in [-0.15, -0.1) is 0 Å². The van der Waals surface area contributed by atoms with Crippen LogP contribution in [0.15, 0.2) is 83.1 Å². The van der Waals surface area contributed by atoms with Gasteiger partial charge >= 0.3 is 0 Å². The molecule has 0 bridgehead atoms. The molecule has 1 saturated heterocycles. The van der Waals surface area contributed by atoms with Gasteiger partial charge in [0.15, 0.2) is 0 Å². The van der Waals surface area contributed by atoms with Crippen molar-refractivity contribution in [3.8, 4) is 5.75 Å². The second-order valence-corrected chi connectivity index (χ2v) is 7.99. The first kappa shape index (κ1) is 20.8. The number of aliphatic hydroxyl groups is 1. The minimum atomic E-state index is -0.746. The molecule has 0 saturated carbocycles. The molecule has 1 atom stereocenters. The number of pyridine rings is 1. The van der Waals surface area contributed by atoms with Crippen molar-refractivity contribution in [3.63, 3.8) is 0 Å². The van der Waals surface area contributed by atoms with Crippen molar-refractivity contribution in [1.82, 2.24) is 9.88 Å². The molecule has 0 spiro atoms. The summed E-state index contributed by atoms with van der Waals surface area (Å²) in [4.78, 5) is 31.7. The second kappa shape index (κ2) is 8.73. The number of hydrogen-bond acceptors (Lipinski definition) is 5.